The zero-order valence-corrected chi connectivity index (χ0v) is 11.8. The minimum atomic E-state index is -5.23. The fourth-order valence-electron chi connectivity index (χ4n) is 0.810. The van der Waals surface area contributed by atoms with Crippen LogP contribution in [0.2, 0.25) is 0 Å². The molecule has 0 aliphatic rings. The van der Waals surface area contributed by atoms with Gasteiger partial charge in [-0.2, -0.15) is 13.2 Å². The predicted molar refractivity (Wildman–Crippen MR) is 59.5 cm³/mol. The number of hydrogen-bond acceptors (Lipinski definition) is 4. The van der Waals surface area contributed by atoms with E-state index in [-0.39, 0.29) is 0 Å². The number of quaternary nitrogens is 1. The normalized spacial score (nSPS) is 12.9. The van der Waals surface area contributed by atoms with E-state index < -0.39 is 23.2 Å². The van der Waals surface area contributed by atoms with Crippen LogP contribution in [0.3, 0.4) is 0 Å². The van der Waals surface area contributed by atoms with Crippen molar-refractivity contribution >= 4 is 10.4 Å². The molecule has 112 valence electrons. The third-order valence-electron chi connectivity index (χ3n) is 2.66. The molecule has 0 aromatic carbocycles. The third kappa shape index (κ3) is 13.7. The monoisotopic (exact) mass is 295 g/mol. The Morgan fingerprint density at radius 1 is 1.11 bits per heavy atom. The van der Waals surface area contributed by atoms with Crippen LogP contribution in [0.1, 0.15) is 20.8 Å². The lowest BCUT2D eigenvalue weighted by Crippen LogP contribution is -2.42. The number of halogens is 3. The summed E-state index contributed by atoms with van der Waals surface area (Å²) in [5.74, 6) is 0. The molecule has 0 spiro atoms. The van der Waals surface area contributed by atoms with Gasteiger partial charge in [0.15, 0.2) is 6.61 Å². The van der Waals surface area contributed by atoms with E-state index in [1.54, 1.807) is 0 Å². The van der Waals surface area contributed by atoms with Crippen molar-refractivity contribution in [2.45, 2.75) is 26.9 Å². The molecule has 18 heavy (non-hydrogen) atoms. The van der Waals surface area contributed by atoms with Gasteiger partial charge in [-0.3, -0.25) is 4.18 Å². The van der Waals surface area contributed by atoms with E-state index in [0.717, 1.165) is 0 Å². The Kier molecular flexibility index (Phi) is 8.78. The third-order valence-corrected chi connectivity index (χ3v) is 3.06. The summed E-state index contributed by atoms with van der Waals surface area (Å²) in [5.41, 5.74) is 0. The molecule has 0 unspecified atom stereocenters. The Labute approximate surface area is 106 Å². The van der Waals surface area contributed by atoms with Gasteiger partial charge in [0.1, 0.15) is 0 Å². The van der Waals surface area contributed by atoms with Crippen LogP contribution in [-0.4, -0.2) is 56.9 Å². The lowest BCUT2D eigenvalue weighted by atomic mass is 10.4. The predicted octanol–water partition coefficient (Wildman–Crippen LogP) is 1.52. The second-order valence-electron chi connectivity index (χ2n) is 3.85. The summed E-state index contributed by atoms with van der Waals surface area (Å²) in [4.78, 5) is 0. The highest BCUT2D eigenvalue weighted by atomic mass is 32.3. The standard InChI is InChI=1S/C7H18N.C2H3F3O4S/c1-5-8(4,6-2)7-3;3-2(4,5)1-9-10(6,7)8/h5-7H2,1-4H3;1H2,(H,6,7,8)/q+1;/p-1. The van der Waals surface area contributed by atoms with Gasteiger partial charge in [-0.1, -0.05) is 0 Å². The first kappa shape index (κ1) is 19.9. The van der Waals surface area contributed by atoms with Crippen LogP contribution in [0.25, 0.3) is 0 Å². The molecule has 0 atom stereocenters. The van der Waals surface area contributed by atoms with E-state index in [4.69, 9.17) is 0 Å². The summed E-state index contributed by atoms with van der Waals surface area (Å²) in [7, 11) is -2.94. The molecule has 0 aliphatic carbocycles. The van der Waals surface area contributed by atoms with Gasteiger partial charge in [-0.15, -0.1) is 0 Å². The largest absolute Gasteiger partial charge is 0.726 e. The van der Waals surface area contributed by atoms with Gasteiger partial charge in [-0.05, 0) is 20.8 Å². The topological polar surface area (TPSA) is 66.4 Å². The Morgan fingerprint density at radius 3 is 1.50 bits per heavy atom. The van der Waals surface area contributed by atoms with Gasteiger partial charge in [0, 0.05) is 0 Å². The van der Waals surface area contributed by atoms with Gasteiger partial charge < -0.3 is 9.04 Å². The first-order valence-electron chi connectivity index (χ1n) is 5.39. The quantitative estimate of drug-likeness (QED) is 0.438. The molecule has 0 saturated heterocycles. The molecule has 0 saturated carbocycles. The zero-order valence-electron chi connectivity index (χ0n) is 11.0. The first-order chi connectivity index (χ1) is 7.89. The number of hydrogen-bond donors (Lipinski definition) is 0. The molecule has 0 aliphatic heterocycles. The molecule has 9 heteroatoms. The number of alkyl halides is 3. The van der Waals surface area contributed by atoms with Gasteiger partial charge >= 0.3 is 6.18 Å². The number of nitrogens with zero attached hydrogens (tertiary/aromatic N) is 1. The van der Waals surface area contributed by atoms with E-state index in [1.165, 1.54) is 24.1 Å². The van der Waals surface area contributed by atoms with Crippen LogP contribution < -0.4 is 0 Å². The van der Waals surface area contributed by atoms with Crippen molar-refractivity contribution in [1.82, 2.24) is 0 Å². The van der Waals surface area contributed by atoms with Crippen molar-refractivity contribution in [2.24, 2.45) is 0 Å². The zero-order chi connectivity index (χ0) is 15.0. The van der Waals surface area contributed by atoms with E-state index in [1.807, 2.05) is 0 Å². The van der Waals surface area contributed by atoms with Crippen LogP contribution in [0.4, 0.5) is 13.2 Å². The average molecular weight is 295 g/mol. The van der Waals surface area contributed by atoms with Gasteiger partial charge in [0.05, 0.1) is 26.7 Å². The summed E-state index contributed by atoms with van der Waals surface area (Å²) >= 11 is 0. The summed E-state index contributed by atoms with van der Waals surface area (Å²) in [6.07, 6.45) is -4.79. The van der Waals surface area contributed by atoms with E-state index >= 15 is 0 Å². The lowest BCUT2D eigenvalue weighted by Gasteiger charge is -2.30. The van der Waals surface area contributed by atoms with Crippen LogP contribution in [0.5, 0.6) is 0 Å². The molecule has 0 N–H and O–H groups in total. The van der Waals surface area contributed by atoms with E-state index in [9.17, 15) is 26.1 Å². The van der Waals surface area contributed by atoms with Crippen molar-refractivity contribution in [3.63, 3.8) is 0 Å². The lowest BCUT2D eigenvalue weighted by molar-refractivity contribution is -0.904. The molecule has 5 nitrogen and oxygen atoms in total. The SMILES string of the molecule is CC[N+](C)(CC)CC.O=S(=O)([O-])OCC(F)(F)F. The minimum absolute atomic E-state index is 1.21. The van der Waals surface area contributed by atoms with E-state index in [2.05, 4.69) is 32.0 Å². The fraction of sp³-hybridized carbons (Fsp3) is 1.00. The average Bonchev–Trinajstić information content (AvgIpc) is 2.25. The van der Waals surface area contributed by atoms with Crippen LogP contribution in [0.15, 0.2) is 0 Å². The van der Waals surface area contributed by atoms with Crippen molar-refractivity contribution in [3.8, 4) is 0 Å². The molecule has 0 amide bonds. The van der Waals surface area contributed by atoms with Gasteiger partial charge in [0.2, 0.25) is 10.4 Å². The molecule has 0 rings (SSSR count). The highest BCUT2D eigenvalue weighted by molar-refractivity contribution is 7.80. The highest BCUT2D eigenvalue weighted by Crippen LogP contribution is 2.15. The Bertz CT molecular complexity index is 304. The van der Waals surface area contributed by atoms with Crippen molar-refractivity contribution in [3.05, 3.63) is 0 Å². The molecule has 0 radical (unpaired) electrons. The fourth-order valence-corrected chi connectivity index (χ4v) is 1.09. The molecule has 0 bridgehead atoms. The molecular formula is C9H20F3NO4S. The second-order valence-corrected chi connectivity index (χ2v) is 4.91. The Hall–Kier alpha value is -0.380. The minimum Gasteiger partial charge on any atom is -0.726 e. The molecule has 0 aromatic rings. The Morgan fingerprint density at radius 2 is 1.44 bits per heavy atom. The maximum atomic E-state index is 11.1. The van der Waals surface area contributed by atoms with E-state index in [0.29, 0.717) is 0 Å². The van der Waals surface area contributed by atoms with Crippen molar-refractivity contribution in [2.75, 3.05) is 33.3 Å². The smallest absolute Gasteiger partial charge is 0.413 e. The summed E-state index contributed by atoms with van der Waals surface area (Å²) < 4.78 is 65.5. The molecular weight excluding hydrogens is 275 g/mol. The van der Waals surface area contributed by atoms with Crippen LogP contribution >= 0.6 is 0 Å². The van der Waals surface area contributed by atoms with Crippen molar-refractivity contribution < 1.29 is 34.8 Å². The van der Waals surface area contributed by atoms with Crippen LogP contribution in [-0.2, 0) is 14.6 Å². The molecule has 0 aromatic heterocycles. The number of rotatable bonds is 5. The van der Waals surface area contributed by atoms with Crippen molar-refractivity contribution in [1.29, 1.82) is 0 Å². The first-order valence-corrected chi connectivity index (χ1v) is 6.73. The Balaban J connectivity index is 0. The summed E-state index contributed by atoms with van der Waals surface area (Å²) in [5, 5.41) is 0. The van der Waals surface area contributed by atoms with Gasteiger partial charge in [0.25, 0.3) is 0 Å². The van der Waals surface area contributed by atoms with Crippen LogP contribution in [0, 0.1) is 0 Å². The second kappa shape index (κ2) is 7.93. The molecule has 0 heterocycles. The maximum Gasteiger partial charge on any atom is 0.413 e. The highest BCUT2D eigenvalue weighted by Gasteiger charge is 2.28. The summed E-state index contributed by atoms with van der Waals surface area (Å²) in [6.45, 7) is 8.43. The van der Waals surface area contributed by atoms with Gasteiger partial charge in [-0.25, -0.2) is 8.42 Å². The molecule has 0 fully saturated rings. The maximum absolute atomic E-state index is 11.1. The summed E-state index contributed by atoms with van der Waals surface area (Å²) in [6, 6.07) is 0.